The van der Waals surface area contributed by atoms with Crippen LogP contribution in [0, 0.1) is 34.5 Å². The summed E-state index contributed by atoms with van der Waals surface area (Å²) >= 11 is 0. The molecule has 0 aliphatic heterocycles. The summed E-state index contributed by atoms with van der Waals surface area (Å²) in [6.45, 7) is 10.1. The smallest absolute Gasteiger partial charge is 0.305 e. The molecule has 4 rings (SSSR count). The highest BCUT2D eigenvalue weighted by molar-refractivity contribution is 5.69. The van der Waals surface area contributed by atoms with Crippen LogP contribution < -0.4 is 0 Å². The van der Waals surface area contributed by atoms with Crippen molar-refractivity contribution in [2.45, 2.75) is 111 Å². The summed E-state index contributed by atoms with van der Waals surface area (Å²) in [5.41, 5.74) is 3.14. The van der Waals surface area contributed by atoms with Gasteiger partial charge in [0.1, 0.15) is 12.2 Å². The monoisotopic (exact) mass is 488 g/mol. The lowest BCUT2D eigenvalue weighted by Gasteiger charge is -2.58. The average Bonchev–Trinajstić information content (AvgIpc) is 3.16. The molecular formula is C29H44O6. The maximum absolute atomic E-state index is 12.3. The van der Waals surface area contributed by atoms with Crippen molar-refractivity contribution in [3.63, 3.8) is 0 Å². The SMILES string of the molecule is COC(=O)CC[C@H](C)[C@@H]1CCC2=C3CC[C@@H]4C[C@H](OC(C)=O)CC[C@]4(C)[C@H]3C[C@H](OC(C)=O)[C@@]21C. The first-order chi connectivity index (χ1) is 16.5. The van der Waals surface area contributed by atoms with Gasteiger partial charge in [-0.15, -0.1) is 0 Å². The Bertz CT molecular complexity index is 892. The van der Waals surface area contributed by atoms with E-state index in [4.69, 9.17) is 14.2 Å². The Balaban J connectivity index is 1.64. The summed E-state index contributed by atoms with van der Waals surface area (Å²) in [6, 6.07) is 0. The molecule has 0 aromatic rings. The molecule has 196 valence electrons. The number of rotatable bonds is 6. The molecule has 0 aromatic heterocycles. The van der Waals surface area contributed by atoms with Crippen LogP contribution in [0.5, 0.6) is 0 Å². The van der Waals surface area contributed by atoms with E-state index in [0.717, 1.165) is 57.8 Å². The fourth-order valence-electron chi connectivity index (χ4n) is 8.69. The van der Waals surface area contributed by atoms with E-state index in [1.165, 1.54) is 26.5 Å². The number of allylic oxidation sites excluding steroid dienone is 1. The quantitative estimate of drug-likeness (QED) is 0.268. The Kier molecular flexibility index (Phi) is 7.41. The van der Waals surface area contributed by atoms with Crippen LogP contribution in [0.2, 0.25) is 0 Å². The highest BCUT2D eigenvalue weighted by atomic mass is 16.5. The number of ether oxygens (including phenoxy) is 3. The van der Waals surface area contributed by atoms with Crippen LogP contribution in [-0.4, -0.2) is 37.2 Å². The van der Waals surface area contributed by atoms with E-state index in [1.807, 2.05) is 0 Å². The first kappa shape index (κ1) is 26.2. The summed E-state index contributed by atoms with van der Waals surface area (Å²) in [5.74, 6) is 1.11. The molecule has 6 heteroatoms. The predicted octanol–water partition coefficient (Wildman–Crippen LogP) is 5.77. The van der Waals surface area contributed by atoms with Crippen molar-refractivity contribution in [1.29, 1.82) is 0 Å². The first-order valence-electron chi connectivity index (χ1n) is 13.6. The molecule has 3 fully saturated rings. The number of carbonyl (C=O) groups is 3. The second kappa shape index (κ2) is 9.89. The standard InChI is InChI=1S/C29H44O6/c1-17(7-12-27(32)33-6)23-10-11-24-22-9-8-20-15-21(34-18(2)30)13-14-28(20,4)25(22)16-26(29(23,24)5)35-19(3)31/h17,20-21,23,25-26H,7-16H2,1-6H3/t17-,20+,21+,23-,25-,26-,28-,29+/m0/s1. The Hall–Kier alpha value is -1.85. The fourth-order valence-corrected chi connectivity index (χ4v) is 8.69. The van der Waals surface area contributed by atoms with E-state index in [-0.39, 0.29) is 40.9 Å². The third-order valence-corrected chi connectivity index (χ3v) is 10.5. The van der Waals surface area contributed by atoms with Crippen molar-refractivity contribution in [2.24, 2.45) is 34.5 Å². The van der Waals surface area contributed by atoms with E-state index in [9.17, 15) is 14.4 Å². The van der Waals surface area contributed by atoms with Crippen LogP contribution in [0.15, 0.2) is 11.1 Å². The minimum absolute atomic E-state index is 0.0319. The molecule has 0 spiro atoms. The van der Waals surface area contributed by atoms with Gasteiger partial charge in [-0.1, -0.05) is 31.9 Å². The molecule has 3 saturated carbocycles. The maximum atomic E-state index is 12.3. The molecule has 0 saturated heterocycles. The molecule has 0 amide bonds. The minimum Gasteiger partial charge on any atom is -0.469 e. The van der Waals surface area contributed by atoms with Crippen LogP contribution in [0.1, 0.15) is 98.8 Å². The fraction of sp³-hybridized carbons (Fsp3) is 0.828. The number of methoxy groups -OCH3 is 1. The number of carbonyl (C=O) groups excluding carboxylic acids is 3. The Morgan fingerprint density at radius 1 is 1.00 bits per heavy atom. The Morgan fingerprint density at radius 3 is 2.37 bits per heavy atom. The molecule has 8 atom stereocenters. The van der Waals surface area contributed by atoms with E-state index in [2.05, 4.69) is 20.8 Å². The summed E-state index contributed by atoms with van der Waals surface area (Å²) in [5, 5.41) is 0. The zero-order valence-corrected chi connectivity index (χ0v) is 22.5. The van der Waals surface area contributed by atoms with Crippen molar-refractivity contribution in [3.8, 4) is 0 Å². The highest BCUT2D eigenvalue weighted by Crippen LogP contribution is 2.66. The van der Waals surface area contributed by atoms with Crippen molar-refractivity contribution in [1.82, 2.24) is 0 Å². The lowest BCUT2D eigenvalue weighted by molar-refractivity contribution is -0.160. The van der Waals surface area contributed by atoms with Gasteiger partial charge in [-0.05, 0) is 86.9 Å². The van der Waals surface area contributed by atoms with E-state index >= 15 is 0 Å². The van der Waals surface area contributed by atoms with Gasteiger partial charge in [0.2, 0.25) is 0 Å². The van der Waals surface area contributed by atoms with Crippen molar-refractivity contribution >= 4 is 17.9 Å². The van der Waals surface area contributed by atoms with E-state index in [1.54, 1.807) is 5.57 Å². The lowest BCUT2D eigenvalue weighted by atomic mass is 9.48. The average molecular weight is 489 g/mol. The summed E-state index contributed by atoms with van der Waals surface area (Å²) in [4.78, 5) is 35.7. The molecule has 0 aromatic carbocycles. The second-order valence-corrected chi connectivity index (χ2v) is 12.2. The first-order valence-corrected chi connectivity index (χ1v) is 13.6. The van der Waals surface area contributed by atoms with Crippen LogP contribution in [0.4, 0.5) is 0 Å². The lowest BCUT2D eigenvalue weighted by Crippen LogP contribution is -2.53. The topological polar surface area (TPSA) is 78.9 Å². The van der Waals surface area contributed by atoms with E-state index < -0.39 is 0 Å². The van der Waals surface area contributed by atoms with Crippen molar-refractivity contribution in [2.75, 3.05) is 7.11 Å². The summed E-state index contributed by atoms with van der Waals surface area (Å²) in [7, 11) is 1.45. The van der Waals surface area contributed by atoms with Gasteiger partial charge in [0.25, 0.3) is 0 Å². The highest BCUT2D eigenvalue weighted by Gasteiger charge is 2.60. The number of hydrogen-bond donors (Lipinski definition) is 0. The normalized spacial score (nSPS) is 39.1. The van der Waals surface area contributed by atoms with Crippen LogP contribution >= 0.6 is 0 Å². The number of fused-ring (bicyclic) bond motifs is 4. The zero-order valence-electron chi connectivity index (χ0n) is 22.5. The number of hydrogen-bond acceptors (Lipinski definition) is 6. The van der Waals surface area contributed by atoms with Crippen LogP contribution in [0.3, 0.4) is 0 Å². The van der Waals surface area contributed by atoms with Gasteiger partial charge in [0.05, 0.1) is 7.11 Å². The maximum Gasteiger partial charge on any atom is 0.305 e. The molecule has 0 N–H and O–H groups in total. The molecule has 0 bridgehead atoms. The second-order valence-electron chi connectivity index (χ2n) is 12.2. The predicted molar refractivity (Wildman–Crippen MR) is 132 cm³/mol. The molecule has 0 radical (unpaired) electrons. The van der Waals surface area contributed by atoms with Crippen molar-refractivity contribution in [3.05, 3.63) is 11.1 Å². The summed E-state index contributed by atoms with van der Waals surface area (Å²) in [6.07, 6.45) is 9.26. The van der Waals surface area contributed by atoms with Gasteiger partial charge in [-0.2, -0.15) is 0 Å². The van der Waals surface area contributed by atoms with Gasteiger partial charge in [-0.25, -0.2) is 0 Å². The Morgan fingerprint density at radius 2 is 1.71 bits per heavy atom. The molecule has 0 heterocycles. The molecule has 4 aliphatic rings. The third-order valence-electron chi connectivity index (χ3n) is 10.5. The minimum atomic E-state index is -0.206. The molecule has 0 unspecified atom stereocenters. The van der Waals surface area contributed by atoms with E-state index in [0.29, 0.717) is 30.1 Å². The van der Waals surface area contributed by atoms with Gasteiger partial charge in [-0.3, -0.25) is 14.4 Å². The van der Waals surface area contributed by atoms with Crippen molar-refractivity contribution < 1.29 is 28.6 Å². The zero-order chi connectivity index (χ0) is 25.5. The van der Waals surface area contributed by atoms with Gasteiger partial charge in [0, 0.05) is 25.7 Å². The van der Waals surface area contributed by atoms with Gasteiger partial charge in [0.15, 0.2) is 0 Å². The molecule has 4 aliphatic carbocycles. The van der Waals surface area contributed by atoms with Crippen LogP contribution in [0.25, 0.3) is 0 Å². The largest absolute Gasteiger partial charge is 0.469 e. The third kappa shape index (κ3) is 4.67. The van der Waals surface area contributed by atoms with Gasteiger partial charge < -0.3 is 14.2 Å². The molecular weight excluding hydrogens is 444 g/mol. The molecule has 6 nitrogen and oxygen atoms in total. The number of esters is 3. The summed E-state index contributed by atoms with van der Waals surface area (Å²) < 4.78 is 16.6. The van der Waals surface area contributed by atoms with Gasteiger partial charge >= 0.3 is 17.9 Å². The Labute approximate surface area is 210 Å². The van der Waals surface area contributed by atoms with Crippen LogP contribution in [-0.2, 0) is 28.6 Å². The molecule has 35 heavy (non-hydrogen) atoms.